The molecule has 5 nitrogen and oxygen atoms in total. The minimum absolute atomic E-state index is 0.105. The van der Waals surface area contributed by atoms with Crippen LogP contribution in [0.5, 0.6) is 5.75 Å². The van der Waals surface area contributed by atoms with E-state index in [9.17, 15) is 19.8 Å². The molecule has 43 heavy (non-hydrogen) atoms. The van der Waals surface area contributed by atoms with E-state index in [1.165, 1.54) is 25.3 Å². The zero-order valence-electron chi connectivity index (χ0n) is 27.1. The van der Waals surface area contributed by atoms with Gasteiger partial charge in [-0.15, -0.1) is 0 Å². The van der Waals surface area contributed by atoms with Crippen molar-refractivity contribution < 1.29 is 24.5 Å². The van der Waals surface area contributed by atoms with Crippen LogP contribution >= 0.6 is 0 Å². The van der Waals surface area contributed by atoms with Crippen molar-refractivity contribution in [2.45, 2.75) is 112 Å². The zero-order chi connectivity index (χ0) is 31.0. The van der Waals surface area contributed by atoms with E-state index in [1.54, 1.807) is 35.9 Å². The van der Waals surface area contributed by atoms with Crippen molar-refractivity contribution in [2.75, 3.05) is 0 Å². The third-order valence-corrected chi connectivity index (χ3v) is 14.3. The van der Waals surface area contributed by atoms with Crippen LogP contribution in [0.2, 0.25) is 0 Å². The fourth-order valence-electron chi connectivity index (χ4n) is 11.5. The van der Waals surface area contributed by atoms with Crippen LogP contribution in [-0.2, 0) is 14.3 Å². The van der Waals surface area contributed by atoms with Gasteiger partial charge in [0, 0.05) is 11.5 Å². The molecular formula is C38H52O5. The first-order valence-electron chi connectivity index (χ1n) is 16.8. The molecule has 5 aliphatic carbocycles. The predicted octanol–water partition coefficient (Wildman–Crippen LogP) is 8.81. The second-order valence-electron chi connectivity index (χ2n) is 16.5. The highest BCUT2D eigenvalue weighted by atomic mass is 16.5. The molecule has 9 atom stereocenters. The number of phenols is 1. The zero-order valence-corrected chi connectivity index (χ0v) is 27.1. The van der Waals surface area contributed by atoms with Gasteiger partial charge in [0.2, 0.25) is 0 Å². The highest BCUT2D eigenvalue weighted by molar-refractivity contribution is 5.87. The summed E-state index contributed by atoms with van der Waals surface area (Å²) in [6.45, 7) is 14.3. The molecule has 0 radical (unpaired) electrons. The van der Waals surface area contributed by atoms with Gasteiger partial charge < -0.3 is 14.9 Å². The third-order valence-electron chi connectivity index (χ3n) is 14.3. The van der Waals surface area contributed by atoms with Crippen molar-refractivity contribution in [3.05, 3.63) is 47.6 Å². The largest absolute Gasteiger partial charge is 0.508 e. The summed E-state index contributed by atoms with van der Waals surface area (Å²) in [6, 6.07) is 6.80. The summed E-state index contributed by atoms with van der Waals surface area (Å²) in [4.78, 5) is 25.2. The van der Waals surface area contributed by atoms with Gasteiger partial charge >= 0.3 is 11.9 Å². The summed E-state index contributed by atoms with van der Waals surface area (Å²) in [7, 11) is 0. The normalized spacial score (nSPS) is 43.4. The van der Waals surface area contributed by atoms with Gasteiger partial charge in [-0.1, -0.05) is 58.4 Å². The smallest absolute Gasteiger partial charge is 0.331 e. The number of ether oxygens (including phenoxy) is 1. The van der Waals surface area contributed by atoms with E-state index in [-0.39, 0.29) is 39.5 Å². The number of rotatable bonds is 4. The molecule has 4 fully saturated rings. The average molecular weight is 589 g/mol. The Labute approximate surface area is 258 Å². The quantitative estimate of drug-likeness (QED) is 0.209. The van der Waals surface area contributed by atoms with Crippen LogP contribution in [0.4, 0.5) is 0 Å². The predicted molar refractivity (Wildman–Crippen MR) is 169 cm³/mol. The summed E-state index contributed by atoms with van der Waals surface area (Å²) in [5, 5.41) is 19.6. The van der Waals surface area contributed by atoms with Crippen LogP contribution in [0, 0.1) is 50.7 Å². The average Bonchev–Trinajstić information content (AvgIpc) is 2.94. The van der Waals surface area contributed by atoms with Crippen LogP contribution < -0.4 is 0 Å². The first-order chi connectivity index (χ1) is 20.1. The standard InChI is InChI=1S/C38H52O5/c1-34(2)29-17-22-38(6)30(13-12-28-27-23-35(3,33(41)42)19-15-25(27)16-21-37(28,38)5)36(29,4)20-18-31(34)43-32(40)14-9-24-7-10-26(39)11-8-24/h7-12,14,25,27,29-31,39H,13,15-23H2,1-6H3,(H,41,42)/b14-9+/t25-,27-,29+,30-,31-,35+,36+,37-,38-/m1/s1. The van der Waals surface area contributed by atoms with Crippen molar-refractivity contribution in [2.24, 2.45) is 50.7 Å². The van der Waals surface area contributed by atoms with Crippen molar-refractivity contribution in [1.29, 1.82) is 0 Å². The Kier molecular flexibility index (Phi) is 7.26. The monoisotopic (exact) mass is 588 g/mol. The Hall–Kier alpha value is -2.56. The van der Waals surface area contributed by atoms with Gasteiger partial charge in [0.1, 0.15) is 11.9 Å². The number of hydrogen-bond donors (Lipinski definition) is 2. The lowest BCUT2D eigenvalue weighted by molar-refractivity contribution is -0.209. The van der Waals surface area contributed by atoms with Gasteiger partial charge in [-0.25, -0.2) is 4.79 Å². The highest BCUT2D eigenvalue weighted by Gasteiger charge is 2.67. The van der Waals surface area contributed by atoms with Crippen LogP contribution in [0.25, 0.3) is 6.08 Å². The second-order valence-corrected chi connectivity index (χ2v) is 16.5. The second kappa shape index (κ2) is 10.2. The molecule has 5 heteroatoms. The SMILES string of the molecule is CC1(C)[C@H](OC(=O)/C=C/c2ccc(O)cc2)CC[C@]2(C)[C@H]3CC=C4[C@@H]5C[C@@](C)(C(=O)O)CC[C@@H]5CC[C@@]4(C)[C@]3(C)CC[C@@H]12. The number of fused-ring (bicyclic) bond motifs is 7. The number of carbonyl (C=O) groups excluding carboxylic acids is 1. The maximum Gasteiger partial charge on any atom is 0.331 e. The van der Waals surface area contributed by atoms with Crippen molar-refractivity contribution in [3.8, 4) is 5.75 Å². The summed E-state index contributed by atoms with van der Waals surface area (Å²) in [5.41, 5.74) is 2.15. The highest BCUT2D eigenvalue weighted by Crippen LogP contribution is 2.74. The number of benzene rings is 1. The van der Waals surface area contributed by atoms with Crippen molar-refractivity contribution in [1.82, 2.24) is 0 Å². The molecule has 234 valence electrons. The molecular weight excluding hydrogens is 536 g/mol. The Morgan fingerprint density at radius 3 is 2.28 bits per heavy atom. The molecule has 0 heterocycles. The lowest BCUT2D eigenvalue weighted by Crippen LogP contribution is -2.64. The molecule has 6 rings (SSSR count). The Bertz CT molecular complexity index is 1340. The molecule has 0 amide bonds. The molecule has 2 N–H and O–H groups in total. The number of esters is 1. The molecule has 4 saturated carbocycles. The van der Waals surface area contributed by atoms with Gasteiger partial charge in [-0.3, -0.25) is 4.79 Å². The number of aliphatic carboxylic acids is 1. The first-order valence-corrected chi connectivity index (χ1v) is 16.8. The lowest BCUT2D eigenvalue weighted by Gasteiger charge is -2.70. The molecule has 0 aromatic heterocycles. The fraction of sp³-hybridized carbons (Fsp3) is 0.684. The van der Waals surface area contributed by atoms with Crippen LogP contribution in [0.3, 0.4) is 0 Å². The van der Waals surface area contributed by atoms with E-state index in [1.807, 2.05) is 6.92 Å². The molecule has 0 aliphatic heterocycles. The number of hydrogen-bond acceptors (Lipinski definition) is 4. The Morgan fingerprint density at radius 2 is 1.58 bits per heavy atom. The van der Waals surface area contributed by atoms with E-state index in [4.69, 9.17) is 4.74 Å². The number of carbonyl (C=O) groups is 2. The van der Waals surface area contributed by atoms with E-state index in [2.05, 4.69) is 40.7 Å². The van der Waals surface area contributed by atoms with Gasteiger partial charge in [0.05, 0.1) is 5.41 Å². The molecule has 0 spiro atoms. The molecule has 1 aromatic carbocycles. The summed E-state index contributed by atoms with van der Waals surface area (Å²) in [5.74, 6) is 1.34. The summed E-state index contributed by atoms with van der Waals surface area (Å²) >= 11 is 0. The molecule has 0 saturated heterocycles. The topological polar surface area (TPSA) is 83.8 Å². The summed E-state index contributed by atoms with van der Waals surface area (Å²) < 4.78 is 6.18. The number of carboxylic acid groups (broad SMARTS) is 1. The third kappa shape index (κ3) is 4.62. The van der Waals surface area contributed by atoms with Gasteiger partial charge in [-0.05, 0) is 135 Å². The van der Waals surface area contributed by atoms with E-state index in [0.717, 1.165) is 50.5 Å². The van der Waals surface area contributed by atoms with Crippen LogP contribution in [0.1, 0.15) is 111 Å². The molecule has 5 aliphatic rings. The minimum atomic E-state index is -0.623. The van der Waals surface area contributed by atoms with Gasteiger partial charge in [-0.2, -0.15) is 0 Å². The molecule has 0 bridgehead atoms. The lowest BCUT2D eigenvalue weighted by atomic mass is 9.34. The Morgan fingerprint density at radius 1 is 0.884 bits per heavy atom. The maximum absolute atomic E-state index is 13.0. The maximum atomic E-state index is 13.0. The fourth-order valence-corrected chi connectivity index (χ4v) is 11.5. The molecule has 1 aromatic rings. The van der Waals surface area contributed by atoms with E-state index >= 15 is 0 Å². The Balaban J connectivity index is 1.23. The number of aromatic hydroxyl groups is 1. The van der Waals surface area contributed by atoms with Gasteiger partial charge in [0.25, 0.3) is 0 Å². The number of carboxylic acids is 1. The van der Waals surface area contributed by atoms with Crippen molar-refractivity contribution in [3.63, 3.8) is 0 Å². The first kappa shape index (κ1) is 30.5. The molecule has 0 unspecified atom stereocenters. The van der Waals surface area contributed by atoms with E-state index < -0.39 is 11.4 Å². The minimum Gasteiger partial charge on any atom is -0.508 e. The van der Waals surface area contributed by atoms with Crippen LogP contribution in [0.15, 0.2) is 42.0 Å². The van der Waals surface area contributed by atoms with Gasteiger partial charge in [0.15, 0.2) is 0 Å². The van der Waals surface area contributed by atoms with Crippen LogP contribution in [-0.4, -0.2) is 28.3 Å². The summed E-state index contributed by atoms with van der Waals surface area (Å²) in [6.07, 6.45) is 16.1. The number of phenolic OH excluding ortho intramolecular Hbond substituents is 1. The van der Waals surface area contributed by atoms with E-state index in [0.29, 0.717) is 23.7 Å². The number of allylic oxidation sites excluding steroid dienone is 2. The van der Waals surface area contributed by atoms with Crippen molar-refractivity contribution >= 4 is 18.0 Å².